The van der Waals surface area contributed by atoms with E-state index < -0.39 is 0 Å². The first kappa shape index (κ1) is 15.0. The van der Waals surface area contributed by atoms with Gasteiger partial charge in [0.05, 0.1) is 0 Å². The van der Waals surface area contributed by atoms with E-state index in [0.717, 1.165) is 12.5 Å². The summed E-state index contributed by atoms with van der Waals surface area (Å²) >= 11 is 0. The number of nitrogens with two attached hydrogens (primary N) is 1. The second kappa shape index (κ2) is 9.90. The normalized spacial score (nSPS) is 20.8. The van der Waals surface area contributed by atoms with Crippen LogP contribution in [-0.2, 0) is 0 Å². The molecule has 0 aromatic rings. The average Bonchev–Trinajstić information content (AvgIpc) is 2.30. The molecule has 0 aromatic heterocycles. The van der Waals surface area contributed by atoms with E-state index in [0.29, 0.717) is 0 Å². The van der Waals surface area contributed by atoms with Crippen molar-refractivity contribution in [3.8, 4) is 0 Å². The molecule has 1 unspecified atom stereocenters. The van der Waals surface area contributed by atoms with Crippen LogP contribution in [-0.4, -0.2) is 31.1 Å². The van der Waals surface area contributed by atoms with Crippen molar-refractivity contribution in [1.29, 1.82) is 0 Å². The van der Waals surface area contributed by atoms with E-state index in [4.69, 9.17) is 5.73 Å². The third-order valence-electron chi connectivity index (χ3n) is 4.19. The van der Waals surface area contributed by atoms with E-state index in [1.165, 1.54) is 77.4 Å². The van der Waals surface area contributed by atoms with Gasteiger partial charge in [0.25, 0.3) is 0 Å². The van der Waals surface area contributed by atoms with Gasteiger partial charge in [-0.2, -0.15) is 0 Å². The Hall–Kier alpha value is -0.0800. The lowest BCUT2D eigenvalue weighted by Gasteiger charge is -2.25. The molecule has 0 aliphatic carbocycles. The maximum atomic E-state index is 5.65. The van der Waals surface area contributed by atoms with Crippen molar-refractivity contribution in [3.63, 3.8) is 0 Å². The summed E-state index contributed by atoms with van der Waals surface area (Å²) in [5, 5.41) is 0. The minimum Gasteiger partial charge on any atom is -0.330 e. The summed E-state index contributed by atoms with van der Waals surface area (Å²) in [6.45, 7) is 7.17. The minimum atomic E-state index is 0.863. The van der Waals surface area contributed by atoms with Crippen LogP contribution in [0.5, 0.6) is 0 Å². The zero-order chi connectivity index (χ0) is 12.3. The lowest BCUT2D eigenvalue weighted by molar-refractivity contribution is 0.235. The first-order valence-electron chi connectivity index (χ1n) is 7.79. The molecule has 1 saturated heterocycles. The van der Waals surface area contributed by atoms with Gasteiger partial charge in [0.1, 0.15) is 0 Å². The molecule has 102 valence electrons. The highest BCUT2D eigenvalue weighted by Gasteiger charge is 2.09. The Morgan fingerprint density at radius 3 is 2.24 bits per heavy atom. The van der Waals surface area contributed by atoms with Crippen molar-refractivity contribution in [1.82, 2.24) is 4.90 Å². The largest absolute Gasteiger partial charge is 0.330 e. The van der Waals surface area contributed by atoms with E-state index in [2.05, 4.69) is 11.8 Å². The molecule has 0 spiro atoms. The lowest BCUT2D eigenvalue weighted by Crippen LogP contribution is -2.28. The Balaban J connectivity index is 2.10. The number of hydrogen-bond acceptors (Lipinski definition) is 2. The Labute approximate surface area is 108 Å². The number of likely N-dealkylation sites (tertiary alicyclic amines) is 1. The number of hydrogen-bond donors (Lipinski definition) is 1. The summed E-state index contributed by atoms with van der Waals surface area (Å²) in [7, 11) is 0. The molecule has 1 heterocycles. The summed E-state index contributed by atoms with van der Waals surface area (Å²) in [5.74, 6) is 0.870. The number of rotatable bonds is 7. The van der Waals surface area contributed by atoms with E-state index in [1.54, 1.807) is 0 Å². The van der Waals surface area contributed by atoms with Gasteiger partial charge >= 0.3 is 0 Å². The van der Waals surface area contributed by atoms with E-state index in [-0.39, 0.29) is 0 Å². The molecule has 1 aliphatic rings. The fourth-order valence-corrected chi connectivity index (χ4v) is 2.93. The van der Waals surface area contributed by atoms with Crippen molar-refractivity contribution < 1.29 is 0 Å². The topological polar surface area (TPSA) is 29.3 Å². The molecular formula is C15H32N2. The zero-order valence-electron chi connectivity index (χ0n) is 11.8. The van der Waals surface area contributed by atoms with Crippen molar-refractivity contribution in [2.45, 2.75) is 64.7 Å². The van der Waals surface area contributed by atoms with Crippen LogP contribution in [0.2, 0.25) is 0 Å². The molecule has 2 N–H and O–H groups in total. The van der Waals surface area contributed by atoms with Crippen LogP contribution in [0, 0.1) is 5.92 Å². The first-order valence-corrected chi connectivity index (χ1v) is 7.79. The Bertz CT molecular complexity index is 162. The van der Waals surface area contributed by atoms with Gasteiger partial charge in [0.2, 0.25) is 0 Å². The molecule has 1 rings (SSSR count). The fourth-order valence-electron chi connectivity index (χ4n) is 2.93. The van der Waals surface area contributed by atoms with Crippen LogP contribution >= 0.6 is 0 Å². The molecule has 0 amide bonds. The highest BCUT2D eigenvalue weighted by atomic mass is 15.1. The minimum absolute atomic E-state index is 0.863. The van der Waals surface area contributed by atoms with E-state index in [1.807, 2.05) is 0 Å². The molecule has 0 radical (unpaired) electrons. The third kappa shape index (κ3) is 7.05. The second-order valence-electron chi connectivity index (χ2n) is 5.60. The van der Waals surface area contributed by atoms with Gasteiger partial charge in [-0.15, -0.1) is 0 Å². The molecule has 2 nitrogen and oxygen atoms in total. The molecule has 0 saturated carbocycles. The average molecular weight is 240 g/mol. The summed E-state index contributed by atoms with van der Waals surface area (Å²) in [4.78, 5) is 2.69. The lowest BCUT2D eigenvalue weighted by atomic mass is 9.96. The van der Waals surface area contributed by atoms with E-state index in [9.17, 15) is 0 Å². The van der Waals surface area contributed by atoms with Gasteiger partial charge in [-0.3, -0.25) is 0 Å². The SMILES string of the molecule is CCC(CCN)CCCN1CCCCCCC1. The second-order valence-corrected chi connectivity index (χ2v) is 5.60. The van der Waals surface area contributed by atoms with Crippen molar-refractivity contribution in [2.75, 3.05) is 26.2 Å². The molecule has 1 aliphatic heterocycles. The quantitative estimate of drug-likeness (QED) is 0.739. The maximum absolute atomic E-state index is 5.65. The van der Waals surface area contributed by atoms with Crippen LogP contribution in [0.4, 0.5) is 0 Å². The molecule has 0 bridgehead atoms. The smallest absolute Gasteiger partial charge is 0.00186 e. The van der Waals surface area contributed by atoms with Gasteiger partial charge in [0, 0.05) is 0 Å². The monoisotopic (exact) mass is 240 g/mol. The predicted octanol–water partition coefficient (Wildman–Crippen LogP) is 3.41. The van der Waals surface area contributed by atoms with Crippen molar-refractivity contribution >= 4 is 0 Å². The van der Waals surface area contributed by atoms with E-state index >= 15 is 0 Å². The van der Waals surface area contributed by atoms with Crippen LogP contribution in [0.15, 0.2) is 0 Å². The number of nitrogens with zero attached hydrogens (tertiary/aromatic N) is 1. The molecule has 0 aromatic carbocycles. The Morgan fingerprint density at radius 1 is 1.00 bits per heavy atom. The van der Waals surface area contributed by atoms with Crippen LogP contribution in [0.25, 0.3) is 0 Å². The van der Waals surface area contributed by atoms with Gasteiger partial charge in [-0.05, 0) is 64.2 Å². The van der Waals surface area contributed by atoms with Gasteiger partial charge in [-0.25, -0.2) is 0 Å². The summed E-state index contributed by atoms with van der Waals surface area (Å²) < 4.78 is 0. The van der Waals surface area contributed by atoms with Crippen LogP contribution in [0.1, 0.15) is 64.7 Å². The summed E-state index contributed by atoms with van der Waals surface area (Å²) in [6.07, 6.45) is 12.5. The molecule has 1 atom stereocenters. The fraction of sp³-hybridized carbons (Fsp3) is 1.00. The first-order chi connectivity index (χ1) is 8.36. The van der Waals surface area contributed by atoms with Crippen molar-refractivity contribution in [2.24, 2.45) is 11.7 Å². The summed E-state index contributed by atoms with van der Waals surface area (Å²) in [6, 6.07) is 0. The van der Waals surface area contributed by atoms with Crippen molar-refractivity contribution in [3.05, 3.63) is 0 Å². The third-order valence-corrected chi connectivity index (χ3v) is 4.19. The Kier molecular flexibility index (Phi) is 8.72. The summed E-state index contributed by atoms with van der Waals surface area (Å²) in [5.41, 5.74) is 5.65. The predicted molar refractivity (Wildman–Crippen MR) is 76.2 cm³/mol. The maximum Gasteiger partial charge on any atom is -0.00186 e. The standard InChI is InChI=1S/C15H32N2/c1-2-15(10-11-16)9-8-14-17-12-6-4-3-5-7-13-17/h15H,2-14,16H2,1H3. The van der Waals surface area contributed by atoms with Gasteiger partial charge in [0.15, 0.2) is 0 Å². The molecule has 17 heavy (non-hydrogen) atoms. The molecular weight excluding hydrogens is 208 g/mol. The highest BCUT2D eigenvalue weighted by molar-refractivity contribution is 4.65. The highest BCUT2D eigenvalue weighted by Crippen LogP contribution is 2.16. The zero-order valence-corrected chi connectivity index (χ0v) is 11.8. The van der Waals surface area contributed by atoms with Crippen LogP contribution in [0.3, 0.4) is 0 Å². The van der Waals surface area contributed by atoms with Gasteiger partial charge in [-0.1, -0.05) is 32.6 Å². The molecule has 2 heteroatoms. The molecule has 1 fully saturated rings. The van der Waals surface area contributed by atoms with Gasteiger partial charge < -0.3 is 10.6 Å². The Morgan fingerprint density at radius 2 is 1.65 bits per heavy atom. The van der Waals surface area contributed by atoms with Crippen LogP contribution < -0.4 is 5.73 Å².